The summed E-state index contributed by atoms with van der Waals surface area (Å²) >= 11 is 0. The molecule has 0 aliphatic heterocycles. The Bertz CT molecular complexity index is 502. The van der Waals surface area contributed by atoms with Crippen LogP contribution in [0.25, 0.3) is 0 Å². The number of hydrogen-bond donors (Lipinski definition) is 1. The van der Waals surface area contributed by atoms with Gasteiger partial charge in [-0.3, -0.25) is 4.98 Å². The van der Waals surface area contributed by atoms with Crippen LogP contribution in [0, 0.1) is 5.92 Å². The summed E-state index contributed by atoms with van der Waals surface area (Å²) in [6.45, 7) is 5.53. The number of rotatable bonds is 6. The molecule has 0 aliphatic rings. The first-order chi connectivity index (χ1) is 9.24. The Kier molecular flexibility index (Phi) is 4.66. The smallest absolute Gasteiger partial charge is 0.218 e. The molecule has 0 unspecified atom stereocenters. The first kappa shape index (κ1) is 13.3. The second kappa shape index (κ2) is 6.68. The first-order valence-corrected chi connectivity index (χ1v) is 6.31. The van der Waals surface area contributed by atoms with Crippen molar-refractivity contribution in [2.24, 2.45) is 5.92 Å². The Labute approximate surface area is 113 Å². The van der Waals surface area contributed by atoms with E-state index in [4.69, 9.17) is 4.74 Å². The van der Waals surface area contributed by atoms with Crippen molar-refractivity contribution >= 4 is 5.82 Å². The molecule has 2 aromatic rings. The maximum absolute atomic E-state index is 5.56. The van der Waals surface area contributed by atoms with Crippen molar-refractivity contribution in [3.63, 3.8) is 0 Å². The van der Waals surface area contributed by atoms with Crippen molar-refractivity contribution in [2.45, 2.75) is 20.4 Å². The lowest BCUT2D eigenvalue weighted by molar-refractivity contribution is 0.261. The van der Waals surface area contributed by atoms with Crippen LogP contribution in [0.2, 0.25) is 0 Å². The normalized spacial score (nSPS) is 10.5. The van der Waals surface area contributed by atoms with Crippen molar-refractivity contribution in [3.8, 4) is 5.88 Å². The van der Waals surface area contributed by atoms with E-state index in [2.05, 4.69) is 34.1 Å². The second-order valence-electron chi connectivity index (χ2n) is 4.66. The van der Waals surface area contributed by atoms with Crippen LogP contribution in [0.1, 0.15) is 19.4 Å². The van der Waals surface area contributed by atoms with Crippen molar-refractivity contribution in [3.05, 3.63) is 42.5 Å². The molecular formula is C14H18N4O. The molecule has 0 saturated heterocycles. The lowest BCUT2D eigenvalue weighted by atomic mass is 10.2. The van der Waals surface area contributed by atoms with E-state index in [0.29, 0.717) is 24.9 Å². The van der Waals surface area contributed by atoms with Crippen molar-refractivity contribution in [2.75, 3.05) is 11.9 Å². The third-order valence-electron chi connectivity index (χ3n) is 2.40. The minimum Gasteiger partial charge on any atom is -0.477 e. The molecule has 0 saturated carbocycles. The SMILES string of the molecule is CC(C)COc1cc(NCc2cccnc2)ncn1. The Morgan fingerprint density at radius 2 is 2.21 bits per heavy atom. The highest BCUT2D eigenvalue weighted by molar-refractivity contribution is 5.37. The third kappa shape index (κ3) is 4.54. The Morgan fingerprint density at radius 1 is 1.32 bits per heavy atom. The summed E-state index contributed by atoms with van der Waals surface area (Å²) in [5.74, 6) is 1.82. The van der Waals surface area contributed by atoms with E-state index in [1.807, 2.05) is 18.3 Å². The van der Waals surface area contributed by atoms with Gasteiger partial charge >= 0.3 is 0 Å². The molecule has 0 bridgehead atoms. The van der Waals surface area contributed by atoms with Crippen molar-refractivity contribution < 1.29 is 4.74 Å². The number of pyridine rings is 1. The average molecular weight is 258 g/mol. The maximum atomic E-state index is 5.56. The highest BCUT2D eigenvalue weighted by Gasteiger charge is 2.01. The molecule has 0 aromatic carbocycles. The maximum Gasteiger partial charge on any atom is 0.218 e. The summed E-state index contributed by atoms with van der Waals surface area (Å²) in [6.07, 6.45) is 5.08. The summed E-state index contributed by atoms with van der Waals surface area (Å²) in [4.78, 5) is 12.3. The molecule has 2 rings (SSSR count). The van der Waals surface area contributed by atoms with Crippen LogP contribution in [0.5, 0.6) is 5.88 Å². The Hall–Kier alpha value is -2.17. The van der Waals surface area contributed by atoms with Gasteiger partial charge in [-0.15, -0.1) is 0 Å². The Morgan fingerprint density at radius 3 is 2.95 bits per heavy atom. The summed E-state index contributed by atoms with van der Waals surface area (Å²) < 4.78 is 5.56. The van der Waals surface area contributed by atoms with Crippen LogP contribution in [0.15, 0.2) is 36.9 Å². The highest BCUT2D eigenvalue weighted by atomic mass is 16.5. The zero-order chi connectivity index (χ0) is 13.5. The molecule has 5 heteroatoms. The summed E-state index contributed by atoms with van der Waals surface area (Å²) in [5.41, 5.74) is 1.10. The number of nitrogens with zero attached hydrogens (tertiary/aromatic N) is 3. The van der Waals surface area contributed by atoms with Crippen LogP contribution in [0.4, 0.5) is 5.82 Å². The fourth-order valence-corrected chi connectivity index (χ4v) is 1.46. The largest absolute Gasteiger partial charge is 0.477 e. The van der Waals surface area contributed by atoms with Crippen LogP contribution in [-0.2, 0) is 6.54 Å². The van der Waals surface area contributed by atoms with Crippen LogP contribution in [-0.4, -0.2) is 21.6 Å². The molecule has 0 radical (unpaired) electrons. The van der Waals surface area contributed by atoms with Gasteiger partial charge in [0.15, 0.2) is 0 Å². The minimum absolute atomic E-state index is 0.474. The molecular weight excluding hydrogens is 240 g/mol. The molecule has 100 valence electrons. The zero-order valence-corrected chi connectivity index (χ0v) is 11.2. The number of ether oxygens (including phenoxy) is 1. The van der Waals surface area contributed by atoms with Crippen LogP contribution >= 0.6 is 0 Å². The van der Waals surface area contributed by atoms with Gasteiger partial charge in [-0.1, -0.05) is 19.9 Å². The van der Waals surface area contributed by atoms with Gasteiger partial charge in [0.25, 0.3) is 0 Å². The van der Waals surface area contributed by atoms with Gasteiger partial charge < -0.3 is 10.1 Å². The van der Waals surface area contributed by atoms with Crippen molar-refractivity contribution in [1.29, 1.82) is 0 Å². The van der Waals surface area contributed by atoms with Gasteiger partial charge in [0.2, 0.25) is 5.88 Å². The van der Waals surface area contributed by atoms with E-state index >= 15 is 0 Å². The summed E-state index contributed by atoms with van der Waals surface area (Å²) in [6, 6.07) is 5.73. The average Bonchev–Trinajstić information content (AvgIpc) is 2.44. The van der Waals surface area contributed by atoms with E-state index in [9.17, 15) is 0 Å². The Balaban J connectivity index is 1.91. The fraction of sp³-hybridized carbons (Fsp3) is 0.357. The predicted octanol–water partition coefficient (Wildman–Crippen LogP) is 2.52. The molecule has 0 aliphatic carbocycles. The third-order valence-corrected chi connectivity index (χ3v) is 2.40. The molecule has 0 fully saturated rings. The molecule has 0 amide bonds. The first-order valence-electron chi connectivity index (χ1n) is 6.31. The molecule has 19 heavy (non-hydrogen) atoms. The van der Waals surface area contributed by atoms with Gasteiger partial charge in [0, 0.05) is 25.0 Å². The summed E-state index contributed by atoms with van der Waals surface area (Å²) in [7, 11) is 0. The molecule has 2 heterocycles. The number of aromatic nitrogens is 3. The molecule has 0 spiro atoms. The lowest BCUT2D eigenvalue weighted by Gasteiger charge is -2.09. The monoisotopic (exact) mass is 258 g/mol. The minimum atomic E-state index is 0.474. The molecule has 5 nitrogen and oxygen atoms in total. The van der Waals surface area contributed by atoms with Gasteiger partial charge in [-0.05, 0) is 17.5 Å². The second-order valence-corrected chi connectivity index (χ2v) is 4.66. The van der Waals surface area contributed by atoms with E-state index in [-0.39, 0.29) is 0 Å². The number of anilines is 1. The molecule has 0 atom stereocenters. The highest BCUT2D eigenvalue weighted by Crippen LogP contribution is 2.12. The number of hydrogen-bond acceptors (Lipinski definition) is 5. The van der Waals surface area contributed by atoms with E-state index in [1.54, 1.807) is 12.3 Å². The lowest BCUT2D eigenvalue weighted by Crippen LogP contribution is -2.07. The molecule has 1 N–H and O–H groups in total. The van der Waals surface area contributed by atoms with Crippen LogP contribution < -0.4 is 10.1 Å². The number of nitrogens with one attached hydrogen (secondary N) is 1. The van der Waals surface area contributed by atoms with E-state index in [1.165, 1.54) is 6.33 Å². The summed E-state index contributed by atoms with van der Waals surface area (Å²) in [5, 5.41) is 3.22. The van der Waals surface area contributed by atoms with E-state index in [0.717, 1.165) is 11.4 Å². The standard InChI is InChI=1S/C14H18N4O/c1-11(2)9-19-14-6-13(17-10-18-14)16-8-12-4-3-5-15-7-12/h3-7,10-11H,8-9H2,1-2H3,(H,16,17,18). The quantitative estimate of drug-likeness (QED) is 0.862. The zero-order valence-electron chi connectivity index (χ0n) is 11.2. The van der Waals surface area contributed by atoms with E-state index < -0.39 is 0 Å². The van der Waals surface area contributed by atoms with Crippen LogP contribution in [0.3, 0.4) is 0 Å². The molecule has 2 aromatic heterocycles. The van der Waals surface area contributed by atoms with Gasteiger partial charge in [0.1, 0.15) is 12.1 Å². The van der Waals surface area contributed by atoms with Gasteiger partial charge in [0.05, 0.1) is 6.61 Å². The van der Waals surface area contributed by atoms with Crippen molar-refractivity contribution in [1.82, 2.24) is 15.0 Å². The van der Waals surface area contributed by atoms with Gasteiger partial charge in [-0.25, -0.2) is 9.97 Å². The predicted molar refractivity (Wildman–Crippen MR) is 73.9 cm³/mol. The topological polar surface area (TPSA) is 59.9 Å². The van der Waals surface area contributed by atoms with Gasteiger partial charge in [-0.2, -0.15) is 0 Å². The fourth-order valence-electron chi connectivity index (χ4n) is 1.46.